The monoisotopic (exact) mass is 385 g/mol. The van der Waals surface area contributed by atoms with Crippen LogP contribution in [-0.4, -0.2) is 34.8 Å². The molecule has 146 valence electrons. The number of para-hydroxylation sites is 1. The molecule has 0 radical (unpaired) electrons. The molecule has 2 amide bonds. The molecule has 1 fully saturated rings. The molecule has 2 aromatic carbocycles. The van der Waals surface area contributed by atoms with E-state index in [9.17, 15) is 9.59 Å². The normalized spacial score (nSPS) is 15.0. The van der Waals surface area contributed by atoms with Crippen molar-refractivity contribution in [2.24, 2.45) is 5.92 Å². The lowest BCUT2D eigenvalue weighted by molar-refractivity contribution is -0.130. The van der Waals surface area contributed by atoms with Crippen molar-refractivity contribution in [1.82, 2.24) is 9.88 Å². The fraction of sp³-hybridized carbons (Fsp3) is 0.208. The summed E-state index contributed by atoms with van der Waals surface area (Å²) in [5.41, 5.74) is 2.53. The smallest absolute Gasteiger partial charge is 0.246 e. The van der Waals surface area contributed by atoms with Crippen molar-refractivity contribution >= 4 is 34.5 Å². The molecule has 0 bridgehead atoms. The van der Waals surface area contributed by atoms with Crippen molar-refractivity contribution in [2.45, 2.75) is 12.8 Å². The van der Waals surface area contributed by atoms with Gasteiger partial charge in [-0.1, -0.05) is 48.5 Å². The zero-order valence-corrected chi connectivity index (χ0v) is 16.1. The number of nitrogens with zero attached hydrogens (tertiary/aromatic N) is 2. The maximum Gasteiger partial charge on any atom is 0.246 e. The summed E-state index contributed by atoms with van der Waals surface area (Å²) in [6, 6.07) is 19.4. The first-order chi connectivity index (χ1) is 14.2. The van der Waals surface area contributed by atoms with E-state index in [1.54, 1.807) is 12.3 Å². The second-order valence-electron chi connectivity index (χ2n) is 7.21. The van der Waals surface area contributed by atoms with Crippen LogP contribution in [0.4, 0.5) is 5.69 Å². The van der Waals surface area contributed by atoms with Gasteiger partial charge >= 0.3 is 0 Å². The van der Waals surface area contributed by atoms with Gasteiger partial charge in [0.25, 0.3) is 0 Å². The Morgan fingerprint density at radius 3 is 2.52 bits per heavy atom. The molecule has 3 aromatic rings. The number of rotatable bonds is 4. The van der Waals surface area contributed by atoms with Crippen LogP contribution in [0.3, 0.4) is 0 Å². The summed E-state index contributed by atoms with van der Waals surface area (Å²) in [6.07, 6.45) is 6.49. The fourth-order valence-corrected chi connectivity index (χ4v) is 3.64. The number of fused-ring (bicyclic) bond motifs is 1. The quantitative estimate of drug-likeness (QED) is 0.687. The molecule has 0 atom stereocenters. The van der Waals surface area contributed by atoms with Crippen molar-refractivity contribution in [3.63, 3.8) is 0 Å². The molecule has 1 aliphatic heterocycles. The highest BCUT2D eigenvalue weighted by molar-refractivity contribution is 6.01. The average Bonchev–Trinajstić information content (AvgIpc) is 2.78. The molecule has 0 aliphatic carbocycles. The van der Waals surface area contributed by atoms with E-state index in [0.717, 1.165) is 22.2 Å². The fourth-order valence-electron chi connectivity index (χ4n) is 3.64. The molecule has 2 heterocycles. The zero-order valence-electron chi connectivity index (χ0n) is 16.1. The van der Waals surface area contributed by atoms with Crippen LogP contribution in [0.2, 0.25) is 0 Å². The summed E-state index contributed by atoms with van der Waals surface area (Å²) in [5.74, 6) is -0.114. The summed E-state index contributed by atoms with van der Waals surface area (Å²) in [7, 11) is 0. The van der Waals surface area contributed by atoms with Crippen LogP contribution >= 0.6 is 0 Å². The highest BCUT2D eigenvalue weighted by Gasteiger charge is 2.26. The number of hydrogen-bond donors (Lipinski definition) is 1. The van der Waals surface area contributed by atoms with E-state index >= 15 is 0 Å². The number of nitrogens with one attached hydrogen (secondary N) is 1. The summed E-state index contributed by atoms with van der Waals surface area (Å²) >= 11 is 0. The lowest BCUT2D eigenvalue weighted by Gasteiger charge is -2.30. The molecule has 0 saturated carbocycles. The van der Waals surface area contributed by atoms with Crippen LogP contribution in [0.1, 0.15) is 18.4 Å². The van der Waals surface area contributed by atoms with Gasteiger partial charge in [-0.3, -0.25) is 14.6 Å². The topological polar surface area (TPSA) is 62.3 Å². The lowest BCUT2D eigenvalue weighted by Crippen LogP contribution is -2.40. The van der Waals surface area contributed by atoms with Crippen LogP contribution < -0.4 is 5.32 Å². The second-order valence-corrected chi connectivity index (χ2v) is 7.21. The average molecular weight is 385 g/mol. The Kier molecular flexibility index (Phi) is 5.66. The summed E-state index contributed by atoms with van der Waals surface area (Å²) in [6.45, 7) is 1.17. The van der Waals surface area contributed by atoms with Gasteiger partial charge in [-0.2, -0.15) is 0 Å². The maximum absolute atomic E-state index is 12.7. The highest BCUT2D eigenvalue weighted by Crippen LogP contribution is 2.24. The Labute approximate surface area is 170 Å². The molecule has 1 N–H and O–H groups in total. The number of aromatic nitrogens is 1. The molecular formula is C24H23N3O2. The van der Waals surface area contributed by atoms with Gasteiger partial charge < -0.3 is 10.2 Å². The molecular weight excluding hydrogens is 362 g/mol. The molecule has 1 aliphatic rings. The van der Waals surface area contributed by atoms with Crippen LogP contribution in [-0.2, 0) is 9.59 Å². The molecule has 0 spiro atoms. The Morgan fingerprint density at radius 1 is 0.966 bits per heavy atom. The summed E-state index contributed by atoms with van der Waals surface area (Å²) in [5, 5.41) is 4.02. The largest absolute Gasteiger partial charge is 0.339 e. The van der Waals surface area contributed by atoms with E-state index in [1.165, 1.54) is 0 Å². The van der Waals surface area contributed by atoms with E-state index in [0.29, 0.717) is 25.9 Å². The van der Waals surface area contributed by atoms with Crippen molar-refractivity contribution in [1.29, 1.82) is 0 Å². The number of hydrogen-bond acceptors (Lipinski definition) is 3. The SMILES string of the molecule is O=C(Nc1cccc2cccnc12)C1CCN(C(=O)/C=C\c2ccccc2)CC1. The van der Waals surface area contributed by atoms with E-state index < -0.39 is 0 Å². The van der Waals surface area contributed by atoms with Crippen molar-refractivity contribution in [3.05, 3.63) is 78.5 Å². The Morgan fingerprint density at radius 2 is 1.72 bits per heavy atom. The zero-order chi connectivity index (χ0) is 20.1. The lowest BCUT2D eigenvalue weighted by atomic mass is 9.95. The minimum absolute atomic E-state index is 0.00456. The van der Waals surface area contributed by atoms with Crippen LogP contribution in [0, 0.1) is 5.92 Å². The molecule has 5 heteroatoms. The number of carbonyl (C=O) groups is 2. The Bertz CT molecular complexity index is 1030. The first kappa shape index (κ1) is 18.9. The molecule has 5 nitrogen and oxygen atoms in total. The van der Waals surface area contributed by atoms with Crippen LogP contribution in [0.25, 0.3) is 17.0 Å². The van der Waals surface area contributed by atoms with Crippen molar-refractivity contribution in [3.8, 4) is 0 Å². The first-order valence-electron chi connectivity index (χ1n) is 9.87. The van der Waals surface area contributed by atoms with Gasteiger partial charge in [0, 0.05) is 36.7 Å². The van der Waals surface area contributed by atoms with E-state index in [2.05, 4.69) is 10.3 Å². The summed E-state index contributed by atoms with van der Waals surface area (Å²) < 4.78 is 0. The van der Waals surface area contributed by atoms with Gasteiger partial charge in [-0.15, -0.1) is 0 Å². The standard InChI is InChI=1S/C24H23N3O2/c28-22(12-11-18-6-2-1-3-7-18)27-16-13-20(14-17-27)24(29)26-21-10-4-8-19-9-5-15-25-23(19)21/h1-12,15,20H,13-14,16-17H2,(H,26,29)/b12-11-. The number of amides is 2. The minimum atomic E-state index is -0.101. The van der Waals surface area contributed by atoms with E-state index in [-0.39, 0.29) is 17.7 Å². The number of piperidine rings is 1. The Hall–Kier alpha value is -3.47. The molecule has 29 heavy (non-hydrogen) atoms. The van der Waals surface area contributed by atoms with E-state index in [1.807, 2.05) is 71.6 Å². The first-order valence-corrected chi connectivity index (χ1v) is 9.87. The van der Waals surface area contributed by atoms with E-state index in [4.69, 9.17) is 0 Å². The molecule has 4 rings (SSSR count). The van der Waals surface area contributed by atoms with Gasteiger partial charge in [-0.25, -0.2) is 0 Å². The number of likely N-dealkylation sites (tertiary alicyclic amines) is 1. The number of carbonyl (C=O) groups excluding carboxylic acids is 2. The van der Waals surface area contributed by atoms with Crippen molar-refractivity contribution < 1.29 is 9.59 Å². The molecule has 1 aromatic heterocycles. The number of benzene rings is 2. The van der Waals surface area contributed by atoms with Crippen LogP contribution in [0.15, 0.2) is 72.9 Å². The third-order valence-electron chi connectivity index (χ3n) is 5.29. The van der Waals surface area contributed by atoms with Gasteiger partial charge in [0.15, 0.2) is 0 Å². The third kappa shape index (κ3) is 4.51. The molecule has 0 unspecified atom stereocenters. The molecule has 1 saturated heterocycles. The maximum atomic E-state index is 12.7. The van der Waals surface area contributed by atoms with Crippen LogP contribution in [0.5, 0.6) is 0 Å². The Balaban J connectivity index is 1.34. The number of anilines is 1. The van der Waals surface area contributed by atoms with Crippen molar-refractivity contribution in [2.75, 3.05) is 18.4 Å². The van der Waals surface area contributed by atoms with Gasteiger partial charge in [-0.05, 0) is 36.6 Å². The predicted octanol–water partition coefficient (Wildman–Crippen LogP) is 4.13. The number of pyridine rings is 1. The van der Waals surface area contributed by atoms with Gasteiger partial charge in [0.2, 0.25) is 11.8 Å². The minimum Gasteiger partial charge on any atom is -0.339 e. The summed E-state index contributed by atoms with van der Waals surface area (Å²) in [4.78, 5) is 31.4. The third-order valence-corrected chi connectivity index (χ3v) is 5.29. The van der Waals surface area contributed by atoms with Gasteiger partial charge in [0.05, 0.1) is 11.2 Å². The second kappa shape index (κ2) is 8.69. The highest BCUT2D eigenvalue weighted by atomic mass is 16.2. The van der Waals surface area contributed by atoms with Gasteiger partial charge in [0.1, 0.15) is 0 Å². The predicted molar refractivity (Wildman–Crippen MR) is 115 cm³/mol.